The summed E-state index contributed by atoms with van der Waals surface area (Å²) in [6.07, 6.45) is 0.898. The lowest BCUT2D eigenvalue weighted by Gasteiger charge is -2.27. The summed E-state index contributed by atoms with van der Waals surface area (Å²) in [5, 5.41) is 14.1. The molecule has 0 aliphatic carbocycles. The van der Waals surface area contributed by atoms with Crippen LogP contribution in [-0.2, 0) is 0 Å². The molecule has 0 radical (unpaired) electrons. The van der Waals surface area contributed by atoms with Crippen LogP contribution in [0.25, 0.3) is 0 Å². The van der Waals surface area contributed by atoms with Crippen molar-refractivity contribution in [2.24, 2.45) is 0 Å². The van der Waals surface area contributed by atoms with E-state index in [1.165, 1.54) is 18.2 Å². The Kier molecular flexibility index (Phi) is 4.57. The van der Waals surface area contributed by atoms with Gasteiger partial charge in [-0.2, -0.15) is 0 Å². The average molecular weight is 298 g/mol. The van der Waals surface area contributed by atoms with Gasteiger partial charge in [-0.15, -0.1) is 0 Å². The van der Waals surface area contributed by atoms with Gasteiger partial charge in [0.15, 0.2) is 0 Å². The second kappa shape index (κ2) is 6.19. The molecule has 1 aromatic carbocycles. The standard InChI is InChI=1S/C13H16ClN3O3/c1-2-16(10-5-6-15-8-10)13(18)9-3-4-11(14)12(7-9)17(19)20/h3-4,7,10,15H,2,5-6,8H2,1H3. The number of halogens is 1. The normalized spacial score (nSPS) is 18.0. The van der Waals surface area contributed by atoms with E-state index in [1.807, 2.05) is 6.92 Å². The first kappa shape index (κ1) is 14.7. The third kappa shape index (κ3) is 2.91. The Morgan fingerprint density at radius 3 is 2.90 bits per heavy atom. The van der Waals surface area contributed by atoms with Crippen LogP contribution in [0.15, 0.2) is 18.2 Å². The van der Waals surface area contributed by atoms with Crippen LogP contribution in [0, 0.1) is 10.1 Å². The molecule has 20 heavy (non-hydrogen) atoms. The summed E-state index contributed by atoms with van der Waals surface area (Å²) in [4.78, 5) is 24.5. The van der Waals surface area contributed by atoms with Crippen LogP contribution in [0.3, 0.4) is 0 Å². The molecule has 0 spiro atoms. The zero-order chi connectivity index (χ0) is 14.7. The minimum absolute atomic E-state index is 0.0390. The number of carbonyl (C=O) groups is 1. The van der Waals surface area contributed by atoms with Gasteiger partial charge in [0.05, 0.1) is 4.92 Å². The summed E-state index contributed by atoms with van der Waals surface area (Å²) in [5.74, 6) is -0.194. The molecular formula is C13H16ClN3O3. The summed E-state index contributed by atoms with van der Waals surface area (Å²) in [5.41, 5.74) is 0.0629. The topological polar surface area (TPSA) is 75.5 Å². The van der Waals surface area contributed by atoms with E-state index in [4.69, 9.17) is 11.6 Å². The van der Waals surface area contributed by atoms with E-state index in [0.29, 0.717) is 12.1 Å². The van der Waals surface area contributed by atoms with Crippen molar-refractivity contribution in [3.05, 3.63) is 38.9 Å². The number of nitrogens with zero attached hydrogens (tertiary/aromatic N) is 2. The smallest absolute Gasteiger partial charge is 0.288 e. The third-order valence-electron chi connectivity index (χ3n) is 3.47. The predicted octanol–water partition coefficient (Wildman–Crippen LogP) is 2.07. The van der Waals surface area contributed by atoms with Crippen LogP contribution >= 0.6 is 11.6 Å². The molecule has 1 atom stereocenters. The number of amides is 1. The van der Waals surface area contributed by atoms with Crippen molar-refractivity contribution in [1.82, 2.24) is 10.2 Å². The molecule has 1 aromatic rings. The Bertz CT molecular complexity index is 530. The van der Waals surface area contributed by atoms with E-state index >= 15 is 0 Å². The van der Waals surface area contributed by atoms with E-state index in [2.05, 4.69) is 5.32 Å². The number of benzene rings is 1. The molecule has 6 nitrogen and oxygen atoms in total. The molecule has 1 fully saturated rings. The highest BCUT2D eigenvalue weighted by molar-refractivity contribution is 6.32. The molecule has 108 valence electrons. The van der Waals surface area contributed by atoms with Crippen molar-refractivity contribution < 1.29 is 9.72 Å². The largest absolute Gasteiger partial charge is 0.335 e. The van der Waals surface area contributed by atoms with Crippen LogP contribution in [-0.4, -0.2) is 41.4 Å². The quantitative estimate of drug-likeness (QED) is 0.682. The molecular weight excluding hydrogens is 282 g/mol. The fourth-order valence-electron chi connectivity index (χ4n) is 2.42. The van der Waals surface area contributed by atoms with Crippen LogP contribution in [0.5, 0.6) is 0 Å². The number of hydrogen-bond donors (Lipinski definition) is 1. The maximum Gasteiger partial charge on any atom is 0.288 e. The second-order valence-corrected chi connectivity index (χ2v) is 5.07. The highest BCUT2D eigenvalue weighted by atomic mass is 35.5. The predicted molar refractivity (Wildman–Crippen MR) is 76.1 cm³/mol. The van der Waals surface area contributed by atoms with Crippen LogP contribution in [0.4, 0.5) is 5.69 Å². The molecule has 1 aliphatic heterocycles. The first-order valence-corrected chi connectivity index (χ1v) is 6.88. The van der Waals surface area contributed by atoms with Gasteiger partial charge in [-0.3, -0.25) is 14.9 Å². The van der Waals surface area contributed by atoms with E-state index in [1.54, 1.807) is 4.90 Å². The molecule has 1 heterocycles. The Hall–Kier alpha value is -1.66. The SMILES string of the molecule is CCN(C(=O)c1ccc(Cl)c([N+](=O)[O-])c1)C1CCNC1. The van der Waals surface area contributed by atoms with Crippen molar-refractivity contribution in [1.29, 1.82) is 0 Å². The monoisotopic (exact) mass is 297 g/mol. The minimum Gasteiger partial charge on any atom is -0.335 e. The van der Waals surface area contributed by atoms with Gasteiger partial charge in [-0.25, -0.2) is 0 Å². The Morgan fingerprint density at radius 1 is 1.60 bits per heavy atom. The van der Waals surface area contributed by atoms with E-state index in [9.17, 15) is 14.9 Å². The van der Waals surface area contributed by atoms with Gasteiger partial charge in [-0.1, -0.05) is 11.6 Å². The zero-order valence-electron chi connectivity index (χ0n) is 11.1. The van der Waals surface area contributed by atoms with Crippen LogP contribution in [0.1, 0.15) is 23.7 Å². The van der Waals surface area contributed by atoms with Crippen molar-refractivity contribution in [2.45, 2.75) is 19.4 Å². The number of nitro groups is 1. The molecule has 2 rings (SSSR count). The summed E-state index contributed by atoms with van der Waals surface area (Å²) < 4.78 is 0. The first-order valence-electron chi connectivity index (χ1n) is 6.50. The van der Waals surface area contributed by atoms with Gasteiger partial charge in [0.2, 0.25) is 0 Å². The molecule has 1 amide bonds. The summed E-state index contributed by atoms with van der Waals surface area (Å²) in [6, 6.07) is 4.31. The van der Waals surface area contributed by atoms with E-state index < -0.39 is 4.92 Å². The fraction of sp³-hybridized carbons (Fsp3) is 0.462. The van der Waals surface area contributed by atoms with Gasteiger partial charge in [0.1, 0.15) is 5.02 Å². The van der Waals surface area contributed by atoms with Gasteiger partial charge >= 0.3 is 0 Å². The minimum atomic E-state index is -0.577. The lowest BCUT2D eigenvalue weighted by Crippen LogP contribution is -2.41. The average Bonchev–Trinajstić information content (AvgIpc) is 2.93. The Labute approximate surface area is 121 Å². The molecule has 1 N–H and O–H groups in total. The third-order valence-corrected chi connectivity index (χ3v) is 3.79. The number of nitro benzene ring substituents is 1. The molecule has 0 saturated carbocycles. The van der Waals surface area contributed by atoms with Crippen molar-refractivity contribution in [3.63, 3.8) is 0 Å². The maximum atomic E-state index is 12.5. The summed E-state index contributed by atoms with van der Waals surface area (Å²) >= 11 is 5.76. The van der Waals surface area contributed by atoms with E-state index in [0.717, 1.165) is 19.5 Å². The number of carbonyl (C=O) groups excluding carboxylic acids is 1. The fourth-order valence-corrected chi connectivity index (χ4v) is 2.61. The maximum absolute atomic E-state index is 12.5. The number of hydrogen-bond acceptors (Lipinski definition) is 4. The number of rotatable bonds is 4. The van der Waals surface area contributed by atoms with Gasteiger partial charge in [-0.05, 0) is 32.0 Å². The summed E-state index contributed by atoms with van der Waals surface area (Å²) in [7, 11) is 0. The highest BCUT2D eigenvalue weighted by Gasteiger charge is 2.27. The van der Waals surface area contributed by atoms with Crippen LogP contribution < -0.4 is 5.32 Å². The lowest BCUT2D eigenvalue weighted by atomic mass is 10.1. The first-order chi connectivity index (χ1) is 9.54. The number of likely N-dealkylation sites (N-methyl/N-ethyl adjacent to an activating group) is 1. The van der Waals surface area contributed by atoms with E-state index in [-0.39, 0.29) is 22.7 Å². The van der Waals surface area contributed by atoms with Gasteiger partial charge in [0.25, 0.3) is 11.6 Å². The van der Waals surface area contributed by atoms with Crippen molar-refractivity contribution >= 4 is 23.2 Å². The number of nitrogens with one attached hydrogen (secondary N) is 1. The Balaban J connectivity index is 2.27. The second-order valence-electron chi connectivity index (χ2n) is 4.66. The molecule has 1 saturated heterocycles. The molecule has 1 unspecified atom stereocenters. The molecule has 7 heteroatoms. The van der Waals surface area contributed by atoms with Gasteiger partial charge < -0.3 is 10.2 Å². The zero-order valence-corrected chi connectivity index (χ0v) is 11.9. The van der Waals surface area contributed by atoms with Gasteiger partial charge in [0, 0.05) is 30.8 Å². The summed E-state index contributed by atoms with van der Waals surface area (Å²) in [6.45, 7) is 4.12. The molecule has 0 aromatic heterocycles. The van der Waals surface area contributed by atoms with Crippen molar-refractivity contribution in [2.75, 3.05) is 19.6 Å². The molecule has 1 aliphatic rings. The van der Waals surface area contributed by atoms with Crippen molar-refractivity contribution in [3.8, 4) is 0 Å². The highest BCUT2D eigenvalue weighted by Crippen LogP contribution is 2.26. The Morgan fingerprint density at radius 2 is 2.35 bits per heavy atom. The van der Waals surface area contributed by atoms with Crippen LogP contribution in [0.2, 0.25) is 5.02 Å². The lowest BCUT2D eigenvalue weighted by molar-refractivity contribution is -0.384. The molecule has 0 bridgehead atoms.